The van der Waals surface area contributed by atoms with Crippen LogP contribution in [0.2, 0.25) is 5.02 Å². The van der Waals surface area contributed by atoms with Crippen molar-refractivity contribution in [2.45, 2.75) is 26.1 Å². The highest BCUT2D eigenvalue weighted by atomic mass is 35.5. The predicted molar refractivity (Wildman–Crippen MR) is 91.1 cm³/mol. The van der Waals surface area contributed by atoms with Crippen molar-refractivity contribution in [2.75, 3.05) is 0 Å². The van der Waals surface area contributed by atoms with Crippen molar-refractivity contribution in [3.63, 3.8) is 0 Å². The molecule has 0 saturated carbocycles. The number of hydrogen-bond acceptors (Lipinski definition) is 3. The van der Waals surface area contributed by atoms with E-state index in [9.17, 15) is 22.8 Å². The fourth-order valence-electron chi connectivity index (χ4n) is 2.37. The van der Waals surface area contributed by atoms with Gasteiger partial charge in [-0.2, -0.15) is 13.2 Å². The number of halogens is 4. The van der Waals surface area contributed by atoms with Crippen LogP contribution in [-0.4, -0.2) is 22.7 Å². The Morgan fingerprint density at radius 1 is 1.12 bits per heavy atom. The van der Waals surface area contributed by atoms with Crippen LogP contribution in [0.5, 0.6) is 0 Å². The number of nitrogens with zero attached hydrogens (tertiary/aromatic N) is 1. The van der Waals surface area contributed by atoms with Crippen molar-refractivity contribution in [3.8, 4) is 0 Å². The lowest BCUT2D eigenvalue weighted by Crippen LogP contribution is -2.45. The first kappa shape index (κ1) is 19.9. The predicted octanol–water partition coefficient (Wildman–Crippen LogP) is 4.39. The molecule has 0 saturated heterocycles. The number of hydrogen-bond donors (Lipinski definition) is 1. The van der Waals surface area contributed by atoms with Crippen molar-refractivity contribution in [1.82, 2.24) is 10.3 Å². The van der Waals surface area contributed by atoms with Gasteiger partial charge in [0.05, 0.1) is 17.2 Å². The molecule has 1 unspecified atom stereocenters. The third-order valence-corrected chi connectivity index (χ3v) is 3.99. The summed E-state index contributed by atoms with van der Waals surface area (Å²) in [6, 6.07) is 5.77. The fraction of sp³-hybridized carbons (Fsp3) is 0.278. The van der Waals surface area contributed by atoms with Crippen LogP contribution in [0, 0.1) is 5.92 Å². The summed E-state index contributed by atoms with van der Waals surface area (Å²) in [6.45, 7) is 3.37. The molecule has 0 fully saturated rings. The first-order chi connectivity index (χ1) is 12.1. The minimum absolute atomic E-state index is 0.302. The SMILES string of the molecule is CC(C)C(NC(=O)c1cnccc1C(F)(F)F)C(=O)c1ccc(Cl)cc1. The number of ketones is 1. The van der Waals surface area contributed by atoms with Gasteiger partial charge in [0.1, 0.15) is 0 Å². The van der Waals surface area contributed by atoms with Crippen LogP contribution in [0.4, 0.5) is 13.2 Å². The van der Waals surface area contributed by atoms with E-state index in [2.05, 4.69) is 10.3 Å². The van der Waals surface area contributed by atoms with E-state index in [1.165, 1.54) is 24.3 Å². The normalized spacial score (nSPS) is 12.7. The minimum Gasteiger partial charge on any atom is -0.342 e. The van der Waals surface area contributed by atoms with Crippen LogP contribution in [0.1, 0.15) is 40.1 Å². The fourth-order valence-corrected chi connectivity index (χ4v) is 2.50. The molecule has 26 heavy (non-hydrogen) atoms. The summed E-state index contributed by atoms with van der Waals surface area (Å²) in [4.78, 5) is 28.6. The molecule has 0 aliphatic heterocycles. The maximum Gasteiger partial charge on any atom is 0.417 e. The number of benzene rings is 1. The second-order valence-corrected chi connectivity index (χ2v) is 6.42. The highest BCUT2D eigenvalue weighted by Gasteiger charge is 2.36. The van der Waals surface area contributed by atoms with Gasteiger partial charge in [-0.15, -0.1) is 0 Å². The van der Waals surface area contributed by atoms with E-state index in [-0.39, 0.29) is 5.92 Å². The number of Topliss-reactive ketones (excluding diaryl/α,β-unsaturated/α-hetero) is 1. The van der Waals surface area contributed by atoms with Crippen molar-refractivity contribution < 1.29 is 22.8 Å². The number of nitrogens with one attached hydrogen (secondary N) is 1. The molecule has 2 aromatic rings. The summed E-state index contributed by atoms with van der Waals surface area (Å²) >= 11 is 5.79. The van der Waals surface area contributed by atoms with Gasteiger partial charge in [0.15, 0.2) is 5.78 Å². The number of alkyl halides is 3. The van der Waals surface area contributed by atoms with Crippen LogP contribution in [0.3, 0.4) is 0 Å². The molecule has 1 heterocycles. The van der Waals surface area contributed by atoms with E-state index in [1.807, 2.05) is 0 Å². The lowest BCUT2D eigenvalue weighted by atomic mass is 9.94. The number of pyridine rings is 1. The first-order valence-electron chi connectivity index (χ1n) is 7.73. The van der Waals surface area contributed by atoms with E-state index in [1.54, 1.807) is 13.8 Å². The summed E-state index contributed by atoms with van der Waals surface area (Å²) < 4.78 is 39.2. The van der Waals surface area contributed by atoms with Gasteiger partial charge in [0, 0.05) is 23.0 Å². The zero-order chi connectivity index (χ0) is 19.5. The molecule has 1 atom stereocenters. The Kier molecular flexibility index (Phi) is 6.02. The molecule has 0 aliphatic carbocycles. The molecule has 2 rings (SSSR count). The first-order valence-corrected chi connectivity index (χ1v) is 8.11. The number of carbonyl (C=O) groups is 2. The minimum atomic E-state index is -4.71. The molecule has 8 heteroatoms. The molecular weight excluding hydrogens is 369 g/mol. The Hall–Kier alpha value is -2.41. The third-order valence-electron chi connectivity index (χ3n) is 3.74. The molecule has 0 spiro atoms. The summed E-state index contributed by atoms with van der Waals surface area (Å²) in [6.07, 6.45) is -2.91. The van der Waals surface area contributed by atoms with E-state index in [4.69, 9.17) is 11.6 Å². The van der Waals surface area contributed by atoms with Crippen molar-refractivity contribution in [2.24, 2.45) is 5.92 Å². The Balaban J connectivity index is 2.30. The summed E-state index contributed by atoms with van der Waals surface area (Å²) in [5.41, 5.74) is -1.43. The molecule has 0 aliphatic rings. The standard InChI is InChI=1S/C18H16ClF3N2O2/c1-10(2)15(16(25)11-3-5-12(19)6-4-11)24-17(26)13-9-23-8-7-14(13)18(20,21)22/h3-10,15H,1-2H3,(H,24,26). The van der Waals surface area contributed by atoms with E-state index >= 15 is 0 Å². The second kappa shape index (κ2) is 7.86. The highest BCUT2D eigenvalue weighted by molar-refractivity contribution is 6.30. The number of aromatic nitrogens is 1. The van der Waals surface area contributed by atoms with Gasteiger partial charge in [-0.05, 0) is 36.2 Å². The molecule has 138 valence electrons. The Morgan fingerprint density at radius 3 is 2.27 bits per heavy atom. The summed E-state index contributed by atoms with van der Waals surface area (Å²) in [7, 11) is 0. The van der Waals surface area contributed by atoms with Gasteiger partial charge >= 0.3 is 6.18 Å². The van der Waals surface area contributed by atoms with Gasteiger partial charge in [-0.3, -0.25) is 14.6 Å². The molecule has 1 amide bonds. The van der Waals surface area contributed by atoms with E-state index < -0.39 is 35.0 Å². The zero-order valence-corrected chi connectivity index (χ0v) is 14.7. The molecule has 4 nitrogen and oxygen atoms in total. The highest BCUT2D eigenvalue weighted by Crippen LogP contribution is 2.31. The molecule has 1 N–H and O–H groups in total. The maximum absolute atomic E-state index is 13.1. The summed E-state index contributed by atoms with van der Waals surface area (Å²) in [5, 5.41) is 2.84. The van der Waals surface area contributed by atoms with Crippen LogP contribution in [-0.2, 0) is 6.18 Å². The van der Waals surface area contributed by atoms with E-state index in [0.29, 0.717) is 10.6 Å². The molecular formula is C18H16ClF3N2O2. The summed E-state index contributed by atoms with van der Waals surface area (Å²) in [5.74, 6) is -1.76. The third kappa shape index (κ3) is 4.60. The van der Waals surface area contributed by atoms with E-state index in [0.717, 1.165) is 18.5 Å². The lowest BCUT2D eigenvalue weighted by Gasteiger charge is -2.22. The Bertz CT molecular complexity index is 805. The zero-order valence-electron chi connectivity index (χ0n) is 14.0. The Morgan fingerprint density at radius 2 is 1.73 bits per heavy atom. The quantitative estimate of drug-likeness (QED) is 0.778. The van der Waals surface area contributed by atoms with Gasteiger partial charge in [0.25, 0.3) is 5.91 Å². The Labute approximate surface area is 153 Å². The molecule has 1 aromatic carbocycles. The number of amides is 1. The van der Waals surface area contributed by atoms with Crippen molar-refractivity contribution in [3.05, 3.63) is 64.4 Å². The van der Waals surface area contributed by atoms with Gasteiger partial charge in [-0.1, -0.05) is 25.4 Å². The van der Waals surface area contributed by atoms with Gasteiger partial charge in [-0.25, -0.2) is 0 Å². The lowest BCUT2D eigenvalue weighted by molar-refractivity contribution is -0.138. The van der Waals surface area contributed by atoms with Crippen LogP contribution < -0.4 is 5.32 Å². The van der Waals surface area contributed by atoms with Crippen LogP contribution >= 0.6 is 11.6 Å². The van der Waals surface area contributed by atoms with Crippen LogP contribution in [0.25, 0.3) is 0 Å². The monoisotopic (exact) mass is 384 g/mol. The largest absolute Gasteiger partial charge is 0.417 e. The topological polar surface area (TPSA) is 59.1 Å². The average Bonchev–Trinajstić information content (AvgIpc) is 2.58. The second-order valence-electron chi connectivity index (χ2n) is 5.99. The maximum atomic E-state index is 13.1. The van der Waals surface area contributed by atoms with Gasteiger partial charge in [0.2, 0.25) is 0 Å². The van der Waals surface area contributed by atoms with Crippen molar-refractivity contribution >= 4 is 23.3 Å². The molecule has 1 aromatic heterocycles. The number of rotatable bonds is 5. The van der Waals surface area contributed by atoms with Crippen molar-refractivity contribution in [1.29, 1.82) is 0 Å². The smallest absolute Gasteiger partial charge is 0.342 e. The van der Waals surface area contributed by atoms with Crippen LogP contribution in [0.15, 0.2) is 42.7 Å². The molecule has 0 bridgehead atoms. The van der Waals surface area contributed by atoms with Gasteiger partial charge < -0.3 is 5.32 Å². The molecule has 0 radical (unpaired) electrons. The number of carbonyl (C=O) groups excluding carboxylic acids is 2. The average molecular weight is 385 g/mol.